The van der Waals surface area contributed by atoms with Crippen molar-refractivity contribution in [2.45, 2.75) is 15.6 Å². The highest BCUT2D eigenvalue weighted by atomic mass is 79.9. The lowest BCUT2D eigenvalue weighted by atomic mass is 9.54. The number of carbonyl (C=O) groups is 2. The number of hydrogen-bond donors (Lipinski definition) is 0. The molecule has 0 unspecified atom stereocenters. The molecule has 0 spiro atoms. The van der Waals surface area contributed by atoms with Gasteiger partial charge in [0, 0.05) is 0 Å². The van der Waals surface area contributed by atoms with Gasteiger partial charge in [-0.15, -0.1) is 0 Å². The number of carbonyl (C=O) groups excluding carboxylic acids is 2. The average Bonchev–Trinajstić information content (AvgIpc) is 3.13. The fraction of sp³-hybridized carbons (Fsp3) is 0.231. The van der Waals surface area contributed by atoms with Crippen molar-refractivity contribution in [3.05, 3.63) is 99.1 Å². The normalized spacial score (nSPS) is 27.9. The molecule has 176 valence electrons. The zero-order valence-electron chi connectivity index (χ0n) is 18.4. The van der Waals surface area contributed by atoms with Crippen LogP contribution in [0.15, 0.2) is 66.7 Å². The first kappa shape index (κ1) is 22.4. The van der Waals surface area contributed by atoms with Crippen LogP contribution in [-0.2, 0) is 18.2 Å². The van der Waals surface area contributed by atoms with Gasteiger partial charge in [0.2, 0.25) is 11.8 Å². The maximum Gasteiger partial charge on any atom is 0.297 e. The van der Waals surface area contributed by atoms with Gasteiger partial charge in [0.05, 0.1) is 38.1 Å². The molecule has 2 bridgehead atoms. The molecule has 35 heavy (non-hydrogen) atoms. The number of amides is 2. The van der Waals surface area contributed by atoms with Crippen LogP contribution >= 0.6 is 31.9 Å². The standard InChI is InChI=1S/C26H18Br2N2O5/c1-2-35-14-11-12-19(20(13-14)30(33)34)29-23(31)21-22(24(29)32)26(28)16-8-4-3-7-15(16)25(21,27)17-9-5-6-10-18(17)26/h3-13,21-22H,2H2,1H3/t21-,22-,25?,26?/m0/s1. The van der Waals surface area contributed by atoms with Crippen molar-refractivity contribution >= 4 is 55.0 Å². The number of anilines is 1. The molecule has 2 amide bonds. The third kappa shape index (κ3) is 2.65. The van der Waals surface area contributed by atoms with Crippen molar-refractivity contribution in [3.8, 4) is 5.75 Å². The average molecular weight is 598 g/mol. The molecule has 0 N–H and O–H groups in total. The minimum atomic E-state index is -0.956. The van der Waals surface area contributed by atoms with Crippen molar-refractivity contribution in [1.82, 2.24) is 0 Å². The van der Waals surface area contributed by atoms with Gasteiger partial charge in [-0.2, -0.15) is 0 Å². The Balaban J connectivity index is 1.60. The highest BCUT2D eigenvalue weighted by Gasteiger charge is 2.72. The van der Waals surface area contributed by atoms with Gasteiger partial charge in [0.15, 0.2) is 0 Å². The first-order chi connectivity index (χ1) is 16.8. The molecular formula is C26H18Br2N2O5. The molecular weight excluding hydrogens is 580 g/mol. The molecule has 3 aromatic carbocycles. The highest BCUT2D eigenvalue weighted by Crippen LogP contribution is 2.71. The Morgan fingerprint density at radius 2 is 1.34 bits per heavy atom. The van der Waals surface area contributed by atoms with E-state index in [1.165, 1.54) is 12.1 Å². The van der Waals surface area contributed by atoms with Crippen molar-refractivity contribution in [2.75, 3.05) is 11.5 Å². The highest BCUT2D eigenvalue weighted by molar-refractivity contribution is 9.10. The summed E-state index contributed by atoms with van der Waals surface area (Å²) < 4.78 is 3.50. The molecule has 0 saturated carbocycles. The Bertz CT molecular complexity index is 1330. The van der Waals surface area contributed by atoms with Crippen LogP contribution in [0.3, 0.4) is 0 Å². The number of hydrogen-bond acceptors (Lipinski definition) is 5. The summed E-state index contributed by atoms with van der Waals surface area (Å²) in [6, 6.07) is 19.7. The van der Waals surface area contributed by atoms with Gasteiger partial charge in [-0.3, -0.25) is 19.7 Å². The van der Waals surface area contributed by atoms with E-state index >= 15 is 0 Å². The van der Waals surface area contributed by atoms with E-state index in [0.717, 1.165) is 27.2 Å². The predicted octanol–water partition coefficient (Wildman–Crippen LogP) is 5.40. The quantitative estimate of drug-likeness (QED) is 0.174. The molecule has 3 aromatic rings. The number of ether oxygens (including phenoxy) is 1. The van der Waals surface area contributed by atoms with Gasteiger partial charge in [-0.05, 0) is 41.3 Å². The summed E-state index contributed by atoms with van der Waals surface area (Å²) in [4.78, 5) is 40.6. The molecule has 1 heterocycles. The molecule has 0 radical (unpaired) electrons. The monoisotopic (exact) mass is 596 g/mol. The predicted molar refractivity (Wildman–Crippen MR) is 136 cm³/mol. The summed E-state index contributed by atoms with van der Waals surface area (Å²) in [6.45, 7) is 2.10. The van der Waals surface area contributed by atoms with E-state index in [1.807, 2.05) is 48.5 Å². The lowest BCUT2D eigenvalue weighted by molar-refractivity contribution is -0.384. The second kappa shape index (κ2) is 7.48. The summed E-state index contributed by atoms with van der Waals surface area (Å²) in [5, 5.41) is 12.0. The summed E-state index contributed by atoms with van der Waals surface area (Å²) in [7, 11) is 0. The molecule has 2 atom stereocenters. The first-order valence-electron chi connectivity index (χ1n) is 11.1. The SMILES string of the molecule is CCOc1ccc(N2C(=O)[C@@H]3[C@@H](C2=O)C2(Br)c4ccccc4C3(Br)c3ccccc32)c([N+](=O)[O-])c1. The zero-order chi connectivity index (χ0) is 24.7. The Labute approximate surface area is 217 Å². The van der Waals surface area contributed by atoms with Crippen LogP contribution in [0, 0.1) is 22.0 Å². The maximum atomic E-state index is 14.1. The first-order valence-corrected chi connectivity index (χ1v) is 12.7. The van der Waals surface area contributed by atoms with Crippen molar-refractivity contribution in [3.63, 3.8) is 0 Å². The Hall–Kier alpha value is -3.04. The van der Waals surface area contributed by atoms with Crippen molar-refractivity contribution < 1.29 is 19.2 Å². The molecule has 1 fully saturated rings. The Kier molecular flexibility index (Phi) is 4.79. The fourth-order valence-corrected chi connectivity index (χ4v) is 8.30. The summed E-state index contributed by atoms with van der Waals surface area (Å²) in [5.74, 6) is -2.25. The van der Waals surface area contributed by atoms with E-state index in [1.54, 1.807) is 13.0 Å². The van der Waals surface area contributed by atoms with Crippen molar-refractivity contribution in [2.24, 2.45) is 11.8 Å². The van der Waals surface area contributed by atoms with Gasteiger partial charge in [0.25, 0.3) is 5.69 Å². The van der Waals surface area contributed by atoms with E-state index in [2.05, 4.69) is 31.9 Å². The van der Waals surface area contributed by atoms with Gasteiger partial charge in [-0.25, -0.2) is 4.90 Å². The van der Waals surface area contributed by atoms with Crippen LogP contribution < -0.4 is 9.64 Å². The molecule has 0 aromatic heterocycles. The number of halogens is 2. The van der Waals surface area contributed by atoms with E-state index < -0.39 is 37.2 Å². The minimum absolute atomic E-state index is 0.0532. The molecule has 7 nitrogen and oxygen atoms in total. The summed E-state index contributed by atoms with van der Waals surface area (Å²) in [6.07, 6.45) is 0. The van der Waals surface area contributed by atoms with E-state index in [9.17, 15) is 19.7 Å². The van der Waals surface area contributed by atoms with Crippen LogP contribution in [0.25, 0.3) is 0 Å². The van der Waals surface area contributed by atoms with E-state index in [4.69, 9.17) is 4.74 Å². The molecule has 9 heteroatoms. The number of nitro groups is 1. The summed E-state index contributed by atoms with van der Waals surface area (Å²) in [5.41, 5.74) is 3.21. The smallest absolute Gasteiger partial charge is 0.297 e. The third-order valence-corrected chi connectivity index (χ3v) is 9.98. The van der Waals surface area contributed by atoms with Gasteiger partial charge >= 0.3 is 0 Å². The Morgan fingerprint density at radius 3 is 1.74 bits per heavy atom. The number of imide groups is 1. The van der Waals surface area contributed by atoms with Crippen LogP contribution in [0.5, 0.6) is 5.75 Å². The minimum Gasteiger partial charge on any atom is -0.494 e. The number of nitro benzene ring substituents is 1. The van der Waals surface area contributed by atoms with E-state index in [0.29, 0.717) is 12.4 Å². The topological polar surface area (TPSA) is 89.8 Å². The largest absolute Gasteiger partial charge is 0.494 e. The molecule has 1 saturated heterocycles. The second-order valence-corrected chi connectivity index (χ2v) is 11.3. The van der Waals surface area contributed by atoms with Crippen molar-refractivity contribution in [1.29, 1.82) is 0 Å². The summed E-state index contributed by atoms with van der Waals surface area (Å²) >= 11 is 7.87. The third-order valence-electron chi connectivity index (χ3n) is 7.28. The lowest BCUT2D eigenvalue weighted by Gasteiger charge is -2.55. The van der Waals surface area contributed by atoms with Crippen LogP contribution in [0.4, 0.5) is 11.4 Å². The number of alkyl halides is 2. The molecule has 7 rings (SSSR count). The molecule has 1 aliphatic heterocycles. The van der Waals surface area contributed by atoms with Crippen LogP contribution in [0.1, 0.15) is 29.2 Å². The second-order valence-electron chi connectivity index (χ2n) is 8.82. The fourth-order valence-electron chi connectivity index (χ4n) is 6.00. The number of rotatable bonds is 4. The van der Waals surface area contributed by atoms with Gasteiger partial charge < -0.3 is 4.74 Å². The van der Waals surface area contributed by atoms with Gasteiger partial charge in [-0.1, -0.05) is 80.4 Å². The number of nitrogens with zero attached hydrogens (tertiary/aromatic N) is 2. The van der Waals surface area contributed by atoms with Gasteiger partial charge in [0.1, 0.15) is 11.4 Å². The van der Waals surface area contributed by atoms with Crippen LogP contribution in [0.2, 0.25) is 0 Å². The maximum absolute atomic E-state index is 14.1. The molecule has 3 aliphatic carbocycles. The lowest BCUT2D eigenvalue weighted by Crippen LogP contribution is -2.56. The van der Waals surface area contributed by atoms with E-state index in [-0.39, 0.29) is 11.4 Å². The zero-order valence-corrected chi connectivity index (χ0v) is 21.6. The Morgan fingerprint density at radius 1 is 0.886 bits per heavy atom. The van der Waals surface area contributed by atoms with Crippen LogP contribution in [-0.4, -0.2) is 23.3 Å². The molecule has 4 aliphatic rings. The number of benzene rings is 3.